The summed E-state index contributed by atoms with van der Waals surface area (Å²) in [6.45, 7) is 3.42. The fourth-order valence-corrected chi connectivity index (χ4v) is 4.39. The summed E-state index contributed by atoms with van der Waals surface area (Å²) < 4.78 is 1.93. The molecule has 1 amide bonds. The molecule has 166 valence electrons. The van der Waals surface area contributed by atoms with Gasteiger partial charge >= 0.3 is 5.69 Å². The topological polar surface area (TPSA) is 96.9 Å². The highest BCUT2D eigenvalue weighted by Crippen LogP contribution is 2.24. The smallest absolute Gasteiger partial charge is 0.333 e. The Morgan fingerprint density at radius 2 is 1.65 bits per heavy atom. The summed E-state index contributed by atoms with van der Waals surface area (Å²) in [6.07, 6.45) is 4.23. The van der Waals surface area contributed by atoms with Gasteiger partial charge in [-0.3, -0.25) is 18.7 Å². The van der Waals surface area contributed by atoms with Crippen molar-refractivity contribution in [2.45, 2.75) is 32.6 Å². The van der Waals surface area contributed by atoms with Crippen LogP contribution in [0.3, 0.4) is 0 Å². The van der Waals surface area contributed by atoms with E-state index in [0.717, 1.165) is 65.2 Å². The van der Waals surface area contributed by atoms with Crippen LogP contribution < -0.4 is 11.2 Å². The van der Waals surface area contributed by atoms with E-state index in [-0.39, 0.29) is 22.3 Å². The van der Waals surface area contributed by atoms with Crippen LogP contribution in [-0.2, 0) is 18.9 Å². The number of likely N-dealkylation sites (tertiary alicyclic amines) is 1. The number of aromatic nitrogens is 2. The van der Waals surface area contributed by atoms with Gasteiger partial charge in [0, 0.05) is 27.2 Å². The number of nitrogens with zero attached hydrogens (tertiary/aromatic N) is 4. The Labute approximate surface area is 185 Å². The van der Waals surface area contributed by atoms with E-state index in [1.807, 2.05) is 24.0 Å². The SMILES string of the molecule is Cc1ccc(N=C(SCC(=O)N2CCCCCC2)c2c(O)n(C)c(=O)n(C)c2=O)cc1. The Hall–Kier alpha value is -2.81. The van der Waals surface area contributed by atoms with Gasteiger partial charge in [-0.2, -0.15) is 0 Å². The van der Waals surface area contributed by atoms with Gasteiger partial charge in [-0.05, 0) is 31.9 Å². The number of carbonyl (C=O) groups excluding carboxylic acids is 1. The van der Waals surface area contributed by atoms with Crippen LogP contribution in [0.5, 0.6) is 5.88 Å². The minimum Gasteiger partial charge on any atom is -0.494 e. The summed E-state index contributed by atoms with van der Waals surface area (Å²) in [4.78, 5) is 44.2. The first-order valence-electron chi connectivity index (χ1n) is 10.3. The van der Waals surface area contributed by atoms with Crippen LogP contribution in [0.25, 0.3) is 0 Å². The fraction of sp³-hybridized carbons (Fsp3) is 0.455. The molecule has 1 N–H and O–H groups in total. The molecule has 31 heavy (non-hydrogen) atoms. The Balaban J connectivity index is 1.98. The minimum absolute atomic E-state index is 0.0235. The maximum atomic E-state index is 12.8. The molecule has 1 aromatic heterocycles. The molecule has 1 aromatic carbocycles. The summed E-state index contributed by atoms with van der Waals surface area (Å²) in [7, 11) is 2.74. The number of amides is 1. The van der Waals surface area contributed by atoms with E-state index < -0.39 is 17.1 Å². The Bertz CT molecular complexity index is 1090. The standard InChI is InChI=1S/C22H28N4O4S/c1-15-8-10-16(11-9-15)23-19(18-20(28)24(2)22(30)25(3)21(18)29)31-14-17(27)26-12-6-4-5-7-13-26/h8-11,28H,4-7,12-14H2,1-3H3. The van der Waals surface area contributed by atoms with Crippen LogP contribution >= 0.6 is 11.8 Å². The molecule has 1 aliphatic heterocycles. The molecule has 0 saturated carbocycles. The van der Waals surface area contributed by atoms with Crippen LogP contribution in [-0.4, -0.2) is 48.9 Å². The molecule has 0 bridgehead atoms. The molecule has 9 heteroatoms. The van der Waals surface area contributed by atoms with Gasteiger partial charge in [-0.25, -0.2) is 9.79 Å². The summed E-state index contributed by atoms with van der Waals surface area (Å²) in [5, 5.41) is 10.8. The Morgan fingerprint density at radius 3 is 2.26 bits per heavy atom. The number of hydrogen-bond donors (Lipinski definition) is 1. The van der Waals surface area contributed by atoms with E-state index in [9.17, 15) is 19.5 Å². The van der Waals surface area contributed by atoms with Crippen LogP contribution in [0.1, 0.15) is 36.8 Å². The highest BCUT2D eigenvalue weighted by Gasteiger charge is 2.23. The van der Waals surface area contributed by atoms with E-state index in [1.54, 1.807) is 12.1 Å². The summed E-state index contributed by atoms with van der Waals surface area (Å²) in [5.41, 5.74) is 0.280. The molecule has 2 aromatic rings. The van der Waals surface area contributed by atoms with Crippen molar-refractivity contribution in [3.05, 3.63) is 56.2 Å². The van der Waals surface area contributed by atoms with Crippen molar-refractivity contribution in [3.8, 4) is 5.88 Å². The zero-order valence-electron chi connectivity index (χ0n) is 18.1. The molecule has 3 rings (SSSR count). The quantitative estimate of drug-likeness (QED) is 0.577. The lowest BCUT2D eigenvalue weighted by Gasteiger charge is -2.20. The largest absolute Gasteiger partial charge is 0.494 e. The summed E-state index contributed by atoms with van der Waals surface area (Å²) >= 11 is 1.10. The van der Waals surface area contributed by atoms with Crippen molar-refractivity contribution >= 4 is 28.4 Å². The molecular weight excluding hydrogens is 416 g/mol. The van der Waals surface area contributed by atoms with Gasteiger partial charge in [-0.15, -0.1) is 0 Å². The number of benzene rings is 1. The lowest BCUT2D eigenvalue weighted by molar-refractivity contribution is -0.128. The van der Waals surface area contributed by atoms with E-state index in [0.29, 0.717) is 5.69 Å². The average molecular weight is 445 g/mol. The third-order valence-electron chi connectivity index (χ3n) is 5.40. The third-order valence-corrected chi connectivity index (χ3v) is 6.36. The number of thioether (sulfide) groups is 1. The minimum atomic E-state index is -0.652. The Kier molecular flexibility index (Phi) is 7.37. The normalized spacial score (nSPS) is 15.1. The molecule has 1 aliphatic rings. The van der Waals surface area contributed by atoms with Crippen molar-refractivity contribution < 1.29 is 9.90 Å². The number of aliphatic imine (C=N–C) groups is 1. The molecule has 0 unspecified atom stereocenters. The number of hydrogen-bond acceptors (Lipinski definition) is 6. The second kappa shape index (κ2) is 10.00. The third kappa shape index (κ3) is 5.28. The van der Waals surface area contributed by atoms with Crippen molar-refractivity contribution in [2.24, 2.45) is 19.1 Å². The van der Waals surface area contributed by atoms with Gasteiger partial charge in [0.2, 0.25) is 11.8 Å². The average Bonchev–Trinajstić information content (AvgIpc) is 3.05. The maximum Gasteiger partial charge on any atom is 0.333 e. The molecule has 0 radical (unpaired) electrons. The van der Waals surface area contributed by atoms with E-state index >= 15 is 0 Å². The predicted octanol–water partition coefficient (Wildman–Crippen LogP) is 2.31. The van der Waals surface area contributed by atoms with Gasteiger partial charge < -0.3 is 10.0 Å². The number of rotatable bonds is 4. The van der Waals surface area contributed by atoms with Gasteiger partial charge in [0.05, 0.1) is 11.4 Å². The van der Waals surface area contributed by atoms with Crippen molar-refractivity contribution in [1.82, 2.24) is 14.0 Å². The monoisotopic (exact) mass is 444 g/mol. The fourth-order valence-electron chi connectivity index (χ4n) is 3.46. The van der Waals surface area contributed by atoms with Gasteiger partial charge in [-0.1, -0.05) is 42.3 Å². The molecule has 1 saturated heterocycles. The maximum absolute atomic E-state index is 12.8. The number of aromatic hydroxyl groups is 1. The van der Waals surface area contributed by atoms with Gasteiger partial charge in [0.15, 0.2) is 0 Å². The van der Waals surface area contributed by atoms with E-state index in [2.05, 4.69) is 4.99 Å². The molecule has 8 nitrogen and oxygen atoms in total. The molecular formula is C22H28N4O4S. The molecule has 2 heterocycles. The van der Waals surface area contributed by atoms with E-state index in [4.69, 9.17) is 0 Å². The highest BCUT2D eigenvalue weighted by molar-refractivity contribution is 8.15. The Morgan fingerprint density at radius 1 is 1.03 bits per heavy atom. The van der Waals surface area contributed by atoms with E-state index in [1.165, 1.54) is 14.1 Å². The molecule has 0 spiro atoms. The zero-order valence-corrected chi connectivity index (χ0v) is 18.9. The van der Waals surface area contributed by atoms with Crippen molar-refractivity contribution in [1.29, 1.82) is 0 Å². The van der Waals surface area contributed by atoms with Crippen LogP contribution in [0.15, 0.2) is 38.8 Å². The molecule has 0 aliphatic carbocycles. The second-order valence-corrected chi connectivity index (χ2v) is 8.70. The second-order valence-electron chi connectivity index (χ2n) is 7.74. The van der Waals surface area contributed by atoms with Crippen LogP contribution in [0, 0.1) is 6.92 Å². The lowest BCUT2D eigenvalue weighted by Crippen LogP contribution is -2.40. The first-order chi connectivity index (χ1) is 14.8. The van der Waals surface area contributed by atoms with Crippen LogP contribution in [0.4, 0.5) is 5.69 Å². The van der Waals surface area contributed by atoms with Crippen LogP contribution in [0.2, 0.25) is 0 Å². The summed E-state index contributed by atoms with van der Waals surface area (Å²) in [5.74, 6) is -0.394. The summed E-state index contributed by atoms with van der Waals surface area (Å²) in [6, 6.07) is 7.39. The predicted molar refractivity (Wildman–Crippen MR) is 123 cm³/mol. The molecule has 1 fully saturated rings. The van der Waals surface area contributed by atoms with Gasteiger partial charge in [0.25, 0.3) is 5.56 Å². The number of carbonyl (C=O) groups is 1. The zero-order chi connectivity index (χ0) is 22.5. The first-order valence-corrected chi connectivity index (χ1v) is 11.3. The lowest BCUT2D eigenvalue weighted by atomic mass is 10.2. The highest BCUT2D eigenvalue weighted by atomic mass is 32.2. The molecule has 0 atom stereocenters. The van der Waals surface area contributed by atoms with Crippen molar-refractivity contribution in [3.63, 3.8) is 0 Å². The number of aryl methyl sites for hydroxylation is 1. The van der Waals surface area contributed by atoms with Gasteiger partial charge in [0.1, 0.15) is 10.6 Å². The van der Waals surface area contributed by atoms with Crippen molar-refractivity contribution in [2.75, 3.05) is 18.8 Å². The first kappa shape index (κ1) is 22.9.